The van der Waals surface area contributed by atoms with Gasteiger partial charge in [0.1, 0.15) is 17.4 Å². The van der Waals surface area contributed by atoms with Crippen molar-refractivity contribution < 1.29 is 28.0 Å². The van der Waals surface area contributed by atoms with Gasteiger partial charge in [-0.3, -0.25) is 14.4 Å². The number of pyridine rings is 1. The number of benzene rings is 2. The second kappa shape index (κ2) is 11.8. The van der Waals surface area contributed by atoms with Crippen LogP contribution in [0, 0.1) is 11.6 Å². The van der Waals surface area contributed by atoms with Gasteiger partial charge < -0.3 is 20.8 Å². The third kappa shape index (κ3) is 5.60. The molecule has 13 heteroatoms. The molecule has 0 radical (unpaired) electrons. The molecule has 44 heavy (non-hydrogen) atoms. The first kappa shape index (κ1) is 28.9. The van der Waals surface area contributed by atoms with Crippen LogP contribution in [0.2, 0.25) is 0 Å². The van der Waals surface area contributed by atoms with Gasteiger partial charge in [0, 0.05) is 48.6 Å². The van der Waals surface area contributed by atoms with E-state index in [1.54, 1.807) is 17.1 Å². The number of anilines is 3. The molecule has 0 unspecified atom stereocenters. The molecule has 2 aliphatic rings. The lowest BCUT2D eigenvalue weighted by molar-refractivity contribution is -0.151. The molecule has 0 saturated heterocycles. The minimum atomic E-state index is -2.17. The average Bonchev–Trinajstić information content (AvgIpc) is 3.67. The second-order valence-electron chi connectivity index (χ2n) is 10.8. The number of nitrogens with one attached hydrogen (secondary N) is 3. The summed E-state index contributed by atoms with van der Waals surface area (Å²) in [6.45, 7) is 2.54. The highest BCUT2D eigenvalue weighted by Gasteiger charge is 2.54. The summed E-state index contributed by atoms with van der Waals surface area (Å²) in [5, 5.41) is 18.2. The van der Waals surface area contributed by atoms with Crippen molar-refractivity contribution in [3.05, 3.63) is 78.1 Å². The number of amides is 2. The Morgan fingerprint density at radius 2 is 1.55 bits per heavy atom. The zero-order valence-electron chi connectivity index (χ0n) is 23.8. The maximum absolute atomic E-state index is 13.8. The summed E-state index contributed by atoms with van der Waals surface area (Å²) in [5.41, 5.74) is 0.399. The van der Waals surface area contributed by atoms with Gasteiger partial charge in [-0.25, -0.2) is 18.4 Å². The molecule has 6 rings (SSSR count). The quantitative estimate of drug-likeness (QED) is 0.247. The van der Waals surface area contributed by atoms with Crippen LogP contribution in [0.25, 0.3) is 11.0 Å². The topological polar surface area (TPSA) is 140 Å². The fraction of sp³-hybridized carbons (Fsp3) is 0.290. The van der Waals surface area contributed by atoms with Crippen molar-refractivity contribution in [2.45, 2.75) is 57.2 Å². The van der Waals surface area contributed by atoms with E-state index in [1.807, 2.05) is 6.92 Å². The standard InChI is InChI=1S/C31H29F2N7O4/c1-2-40-28-25(17-35-40)27(36-20-11-13-23(41)14-12-20)24(16-34-28)26-15-31(44-39-26,29(42)37-21-7-3-18(32)4-8-21)30(43)38-22-9-5-19(33)6-10-22/h3-10,16-17,20H,2,11-15H2,1H3,(H,34,36)(H,37,42)(H,38,43). The largest absolute Gasteiger partial charge is 0.381 e. The minimum Gasteiger partial charge on any atom is -0.381 e. The highest BCUT2D eigenvalue weighted by Crippen LogP contribution is 2.36. The molecule has 1 fully saturated rings. The molecule has 11 nitrogen and oxygen atoms in total. The number of carbonyl (C=O) groups excluding carboxylic acids is 3. The van der Waals surface area contributed by atoms with E-state index >= 15 is 0 Å². The number of aryl methyl sites for hydroxylation is 1. The lowest BCUT2D eigenvalue weighted by Gasteiger charge is -2.26. The average molecular weight is 602 g/mol. The Labute approximate surface area is 250 Å². The van der Waals surface area contributed by atoms with E-state index in [-0.39, 0.29) is 35.3 Å². The highest BCUT2D eigenvalue weighted by atomic mass is 19.1. The zero-order chi connectivity index (χ0) is 30.8. The van der Waals surface area contributed by atoms with E-state index in [0.29, 0.717) is 54.5 Å². The monoisotopic (exact) mass is 601 g/mol. The van der Waals surface area contributed by atoms with E-state index in [1.165, 1.54) is 48.5 Å². The van der Waals surface area contributed by atoms with Crippen molar-refractivity contribution in [1.82, 2.24) is 14.8 Å². The Balaban J connectivity index is 1.36. The van der Waals surface area contributed by atoms with Gasteiger partial charge in [0.15, 0.2) is 5.65 Å². The van der Waals surface area contributed by atoms with Gasteiger partial charge in [-0.2, -0.15) is 5.10 Å². The van der Waals surface area contributed by atoms with Crippen LogP contribution < -0.4 is 16.0 Å². The van der Waals surface area contributed by atoms with Crippen molar-refractivity contribution in [3.63, 3.8) is 0 Å². The molecule has 4 aromatic rings. The van der Waals surface area contributed by atoms with E-state index in [9.17, 15) is 23.2 Å². The number of hydrogen-bond acceptors (Lipinski definition) is 8. The van der Waals surface area contributed by atoms with E-state index < -0.39 is 29.0 Å². The molecule has 0 atom stereocenters. The van der Waals surface area contributed by atoms with Crippen molar-refractivity contribution in [2.24, 2.45) is 5.16 Å². The van der Waals surface area contributed by atoms with Crippen LogP contribution in [0.3, 0.4) is 0 Å². The van der Waals surface area contributed by atoms with Gasteiger partial charge in [-0.05, 0) is 68.3 Å². The predicted octanol–water partition coefficient (Wildman–Crippen LogP) is 4.79. The number of rotatable bonds is 8. The molecular formula is C31H29F2N7O4. The first-order valence-corrected chi connectivity index (χ1v) is 14.3. The van der Waals surface area contributed by atoms with E-state index in [0.717, 1.165) is 0 Å². The van der Waals surface area contributed by atoms with Crippen LogP contribution in [-0.4, -0.2) is 49.7 Å². The number of Topliss-reactive ketones (excluding diaryl/α,β-unsaturated/α-hetero) is 1. The highest BCUT2D eigenvalue weighted by molar-refractivity contribution is 6.23. The maximum Gasteiger partial charge on any atom is 0.298 e. The summed E-state index contributed by atoms with van der Waals surface area (Å²) >= 11 is 0. The Bertz CT molecular complexity index is 1700. The van der Waals surface area contributed by atoms with Gasteiger partial charge in [0.05, 0.1) is 29.4 Å². The zero-order valence-corrected chi connectivity index (χ0v) is 23.8. The molecule has 1 saturated carbocycles. The Morgan fingerprint density at radius 3 is 2.11 bits per heavy atom. The third-order valence-corrected chi connectivity index (χ3v) is 7.83. The van der Waals surface area contributed by atoms with Gasteiger partial charge in [-0.15, -0.1) is 0 Å². The van der Waals surface area contributed by atoms with Gasteiger partial charge in [0.2, 0.25) is 0 Å². The van der Waals surface area contributed by atoms with Crippen LogP contribution >= 0.6 is 0 Å². The molecule has 3 N–H and O–H groups in total. The van der Waals surface area contributed by atoms with Gasteiger partial charge >= 0.3 is 0 Å². The summed E-state index contributed by atoms with van der Waals surface area (Å²) in [4.78, 5) is 49.8. The fourth-order valence-electron chi connectivity index (χ4n) is 5.38. The van der Waals surface area contributed by atoms with E-state index in [4.69, 9.17) is 4.84 Å². The number of fused-ring (bicyclic) bond motifs is 1. The first-order valence-electron chi connectivity index (χ1n) is 14.3. The molecule has 0 spiro atoms. The number of hydrogen-bond donors (Lipinski definition) is 3. The number of ketones is 1. The van der Waals surface area contributed by atoms with E-state index in [2.05, 4.69) is 31.2 Å². The Hall–Kier alpha value is -5.20. The molecular weight excluding hydrogens is 572 g/mol. The lowest BCUT2D eigenvalue weighted by atomic mass is 9.90. The number of aromatic nitrogens is 3. The molecule has 0 bridgehead atoms. The normalized spacial score (nSPS) is 16.3. The molecule has 1 aliphatic carbocycles. The number of oxime groups is 1. The van der Waals surface area contributed by atoms with Gasteiger partial charge in [-0.1, -0.05) is 5.16 Å². The predicted molar refractivity (Wildman–Crippen MR) is 159 cm³/mol. The van der Waals surface area contributed by atoms with Crippen LogP contribution in [0.15, 0.2) is 66.1 Å². The summed E-state index contributed by atoms with van der Waals surface area (Å²) in [5.74, 6) is -2.44. The number of carbonyl (C=O) groups is 3. The molecule has 2 aromatic heterocycles. The van der Waals surface area contributed by atoms with Crippen molar-refractivity contribution in [3.8, 4) is 0 Å². The minimum absolute atomic E-state index is 0.00162. The molecule has 1 aliphatic heterocycles. The van der Waals surface area contributed by atoms with Crippen LogP contribution in [-0.2, 0) is 25.8 Å². The second-order valence-corrected chi connectivity index (χ2v) is 10.8. The maximum atomic E-state index is 13.8. The Morgan fingerprint density at radius 1 is 0.955 bits per heavy atom. The summed E-state index contributed by atoms with van der Waals surface area (Å²) in [7, 11) is 0. The smallest absolute Gasteiger partial charge is 0.298 e. The molecule has 3 heterocycles. The third-order valence-electron chi connectivity index (χ3n) is 7.83. The Kier molecular flexibility index (Phi) is 7.77. The molecule has 2 aromatic carbocycles. The summed E-state index contributed by atoms with van der Waals surface area (Å²) in [6.07, 6.45) is 5.25. The lowest BCUT2D eigenvalue weighted by Crippen LogP contribution is -2.53. The van der Waals surface area contributed by atoms with Crippen molar-refractivity contribution >= 4 is 51.4 Å². The number of halogens is 2. The molecule has 226 valence electrons. The number of nitrogens with zero attached hydrogens (tertiary/aromatic N) is 4. The van der Waals surface area contributed by atoms with Crippen molar-refractivity contribution in [2.75, 3.05) is 16.0 Å². The first-order chi connectivity index (χ1) is 21.3. The SMILES string of the molecule is CCn1ncc2c(NC3CCC(=O)CC3)c(C3=NOC(C(=O)Nc4ccc(F)cc4)(C(=O)Nc4ccc(F)cc4)C3)cnc21. The van der Waals surface area contributed by atoms with Crippen LogP contribution in [0.5, 0.6) is 0 Å². The summed E-state index contributed by atoms with van der Waals surface area (Å²) < 4.78 is 28.8. The molecule has 2 amide bonds. The fourth-order valence-corrected chi connectivity index (χ4v) is 5.38. The van der Waals surface area contributed by atoms with Crippen LogP contribution in [0.4, 0.5) is 25.8 Å². The van der Waals surface area contributed by atoms with Crippen molar-refractivity contribution in [1.29, 1.82) is 0 Å². The summed E-state index contributed by atoms with van der Waals surface area (Å²) in [6, 6.07) is 10.1. The van der Waals surface area contributed by atoms with Gasteiger partial charge in [0.25, 0.3) is 17.4 Å². The van der Waals surface area contributed by atoms with Crippen LogP contribution in [0.1, 0.15) is 44.6 Å².